The number of nitrogens with one attached hydrogen (secondary N) is 1. The number of fused-ring (bicyclic) bond motifs is 1. The molecule has 1 N–H and O–H groups in total. The van der Waals surface area contributed by atoms with Crippen molar-refractivity contribution in [3.8, 4) is 0 Å². The van der Waals surface area contributed by atoms with Crippen molar-refractivity contribution < 1.29 is 13.7 Å². The lowest BCUT2D eigenvalue weighted by Gasteiger charge is -2.26. The molecule has 1 aromatic carbocycles. The molecule has 0 radical (unpaired) electrons. The third-order valence-corrected chi connectivity index (χ3v) is 6.14. The van der Waals surface area contributed by atoms with Crippen molar-refractivity contribution in [2.45, 2.75) is 37.0 Å². The Labute approximate surface area is 148 Å². The molecule has 1 atom stereocenters. The van der Waals surface area contributed by atoms with Crippen LogP contribution in [0.5, 0.6) is 0 Å². The Morgan fingerprint density at radius 2 is 2.33 bits per heavy atom. The average molecular weight is 366 g/mol. The summed E-state index contributed by atoms with van der Waals surface area (Å²) in [5.74, 6) is 2.43. The Bertz CT molecular complexity index is 729. The molecule has 4 nitrogen and oxygen atoms in total. The van der Waals surface area contributed by atoms with Gasteiger partial charge in [-0.3, -0.25) is 4.79 Å². The smallest absolute Gasteiger partial charge is 0.230 e. The first-order chi connectivity index (χ1) is 11.6. The lowest BCUT2D eigenvalue weighted by Crippen LogP contribution is -2.32. The van der Waals surface area contributed by atoms with Crippen LogP contribution in [0.25, 0.3) is 0 Å². The molecule has 0 spiro atoms. The van der Waals surface area contributed by atoms with Crippen LogP contribution in [-0.4, -0.2) is 22.6 Å². The van der Waals surface area contributed by atoms with Crippen molar-refractivity contribution in [1.82, 2.24) is 10.5 Å². The van der Waals surface area contributed by atoms with E-state index < -0.39 is 0 Å². The van der Waals surface area contributed by atoms with Crippen molar-refractivity contribution in [3.63, 3.8) is 0 Å². The molecule has 1 unspecified atom stereocenters. The number of aryl methyl sites for hydroxylation is 2. The predicted octanol–water partition coefficient (Wildman–Crippen LogP) is 4.02. The van der Waals surface area contributed by atoms with Crippen LogP contribution >= 0.6 is 23.5 Å². The third-order valence-electron chi connectivity index (χ3n) is 4.02. The van der Waals surface area contributed by atoms with Gasteiger partial charge < -0.3 is 9.84 Å². The van der Waals surface area contributed by atoms with Crippen LogP contribution in [-0.2, 0) is 10.5 Å². The van der Waals surface area contributed by atoms with Gasteiger partial charge in [0.25, 0.3) is 0 Å². The number of hydrogen-bond acceptors (Lipinski definition) is 5. The molecule has 1 amide bonds. The van der Waals surface area contributed by atoms with Gasteiger partial charge in [0, 0.05) is 22.0 Å². The molecular weight excluding hydrogens is 347 g/mol. The van der Waals surface area contributed by atoms with E-state index in [1.54, 1.807) is 6.07 Å². The number of carbonyl (C=O) groups excluding carboxylic acids is 1. The van der Waals surface area contributed by atoms with Crippen LogP contribution in [0, 0.1) is 19.7 Å². The number of halogens is 1. The highest BCUT2D eigenvalue weighted by atomic mass is 32.2. The predicted molar refractivity (Wildman–Crippen MR) is 94.8 cm³/mol. The standard InChI is InChI=1S/C17H19FN2O2S2/c1-10-13(11(2)22-20-10)8-23-9-16(21)19-15-6-7-24-17-12(15)4-3-5-14(17)18/h3-5,15H,6-9H2,1-2H3,(H,19,21). The van der Waals surface area contributed by atoms with Gasteiger partial charge in [-0.1, -0.05) is 17.3 Å². The van der Waals surface area contributed by atoms with Gasteiger partial charge in [-0.15, -0.1) is 23.5 Å². The average Bonchev–Trinajstić information content (AvgIpc) is 2.88. The van der Waals surface area contributed by atoms with E-state index in [1.165, 1.54) is 29.6 Å². The lowest BCUT2D eigenvalue weighted by atomic mass is 10.0. The molecule has 24 heavy (non-hydrogen) atoms. The first kappa shape index (κ1) is 17.4. The second-order valence-corrected chi connectivity index (χ2v) is 7.80. The zero-order valence-corrected chi connectivity index (χ0v) is 15.2. The second kappa shape index (κ2) is 7.61. The lowest BCUT2D eigenvalue weighted by molar-refractivity contribution is -0.119. The molecule has 1 aromatic heterocycles. The molecule has 2 heterocycles. The maximum atomic E-state index is 13.9. The van der Waals surface area contributed by atoms with Crippen molar-refractivity contribution in [2.24, 2.45) is 0 Å². The van der Waals surface area contributed by atoms with Crippen LogP contribution in [0.1, 0.15) is 35.0 Å². The number of rotatable bonds is 5. The summed E-state index contributed by atoms with van der Waals surface area (Å²) >= 11 is 3.05. The van der Waals surface area contributed by atoms with Crippen molar-refractivity contribution in [3.05, 3.63) is 46.6 Å². The van der Waals surface area contributed by atoms with E-state index in [0.717, 1.165) is 34.8 Å². The van der Waals surface area contributed by atoms with Gasteiger partial charge in [0.15, 0.2) is 0 Å². The van der Waals surface area contributed by atoms with Gasteiger partial charge in [0.2, 0.25) is 5.91 Å². The fourth-order valence-corrected chi connectivity index (χ4v) is 4.85. The summed E-state index contributed by atoms with van der Waals surface area (Å²) in [6, 6.07) is 4.96. The summed E-state index contributed by atoms with van der Waals surface area (Å²) in [7, 11) is 0. The quantitative estimate of drug-likeness (QED) is 0.866. The summed E-state index contributed by atoms with van der Waals surface area (Å²) < 4.78 is 19.0. The molecule has 0 saturated heterocycles. The molecule has 0 saturated carbocycles. The minimum absolute atomic E-state index is 0.0288. The van der Waals surface area contributed by atoms with Gasteiger partial charge >= 0.3 is 0 Å². The number of benzene rings is 1. The fraction of sp³-hybridized carbons (Fsp3) is 0.412. The zero-order chi connectivity index (χ0) is 17.1. The van der Waals surface area contributed by atoms with Gasteiger partial charge in [0.1, 0.15) is 11.6 Å². The number of carbonyl (C=O) groups is 1. The molecule has 128 valence electrons. The number of thioether (sulfide) groups is 2. The van der Waals surface area contributed by atoms with Crippen molar-refractivity contribution in [2.75, 3.05) is 11.5 Å². The molecule has 3 rings (SSSR count). The number of nitrogens with zero attached hydrogens (tertiary/aromatic N) is 1. The SMILES string of the molecule is Cc1noc(C)c1CSCC(=O)NC1CCSc2c(F)cccc21. The Morgan fingerprint density at radius 1 is 1.50 bits per heavy atom. The fourth-order valence-electron chi connectivity index (χ4n) is 2.73. The maximum absolute atomic E-state index is 13.9. The van der Waals surface area contributed by atoms with E-state index in [0.29, 0.717) is 16.4 Å². The normalized spacial score (nSPS) is 16.7. The van der Waals surface area contributed by atoms with Crippen molar-refractivity contribution >= 4 is 29.4 Å². The first-order valence-electron chi connectivity index (χ1n) is 7.76. The van der Waals surface area contributed by atoms with Crippen LogP contribution in [0.2, 0.25) is 0 Å². The molecule has 2 aromatic rings. The Kier molecular flexibility index (Phi) is 5.50. The monoisotopic (exact) mass is 366 g/mol. The van der Waals surface area contributed by atoms with E-state index >= 15 is 0 Å². The maximum Gasteiger partial charge on any atom is 0.230 e. The number of amides is 1. The molecule has 0 fully saturated rings. The van der Waals surface area contributed by atoms with Gasteiger partial charge in [-0.25, -0.2) is 4.39 Å². The van der Waals surface area contributed by atoms with Crippen LogP contribution in [0.15, 0.2) is 27.6 Å². The Morgan fingerprint density at radius 3 is 3.08 bits per heavy atom. The van der Waals surface area contributed by atoms with Gasteiger partial charge in [0.05, 0.1) is 17.5 Å². The Hall–Kier alpha value is -1.47. The highest BCUT2D eigenvalue weighted by molar-refractivity contribution is 7.99. The van der Waals surface area contributed by atoms with Gasteiger partial charge in [-0.05, 0) is 31.9 Å². The second-order valence-electron chi connectivity index (χ2n) is 5.71. The molecular formula is C17H19FN2O2S2. The molecule has 0 aliphatic carbocycles. The van der Waals surface area contributed by atoms with E-state index in [-0.39, 0.29) is 17.8 Å². The number of hydrogen-bond donors (Lipinski definition) is 1. The highest BCUT2D eigenvalue weighted by Crippen LogP contribution is 2.37. The summed E-state index contributed by atoms with van der Waals surface area (Å²) in [4.78, 5) is 12.9. The van der Waals surface area contributed by atoms with E-state index in [9.17, 15) is 9.18 Å². The van der Waals surface area contributed by atoms with Crippen LogP contribution in [0.4, 0.5) is 4.39 Å². The minimum atomic E-state index is -0.204. The summed E-state index contributed by atoms with van der Waals surface area (Å²) in [5.41, 5.74) is 2.80. The van der Waals surface area contributed by atoms with Crippen LogP contribution < -0.4 is 5.32 Å². The van der Waals surface area contributed by atoms with E-state index in [2.05, 4.69) is 10.5 Å². The number of aromatic nitrogens is 1. The van der Waals surface area contributed by atoms with E-state index in [1.807, 2.05) is 19.9 Å². The van der Waals surface area contributed by atoms with Gasteiger partial charge in [-0.2, -0.15) is 0 Å². The highest BCUT2D eigenvalue weighted by Gasteiger charge is 2.24. The molecule has 1 aliphatic heterocycles. The summed E-state index contributed by atoms with van der Waals surface area (Å²) in [5, 5.41) is 6.95. The summed E-state index contributed by atoms with van der Waals surface area (Å²) in [6.45, 7) is 3.78. The first-order valence-corrected chi connectivity index (χ1v) is 9.90. The molecule has 0 bridgehead atoms. The largest absolute Gasteiger partial charge is 0.361 e. The Balaban J connectivity index is 1.56. The molecule has 7 heteroatoms. The van der Waals surface area contributed by atoms with Crippen LogP contribution in [0.3, 0.4) is 0 Å². The minimum Gasteiger partial charge on any atom is -0.361 e. The third kappa shape index (κ3) is 3.78. The topological polar surface area (TPSA) is 55.1 Å². The summed E-state index contributed by atoms with van der Waals surface area (Å²) in [6.07, 6.45) is 0.821. The van der Waals surface area contributed by atoms with Crippen molar-refractivity contribution in [1.29, 1.82) is 0 Å². The zero-order valence-electron chi connectivity index (χ0n) is 13.6. The van der Waals surface area contributed by atoms with E-state index in [4.69, 9.17) is 4.52 Å². The molecule has 1 aliphatic rings.